The van der Waals surface area contributed by atoms with Gasteiger partial charge < -0.3 is 4.74 Å². The zero-order chi connectivity index (χ0) is 11.8. The van der Waals surface area contributed by atoms with E-state index >= 15 is 0 Å². The van der Waals surface area contributed by atoms with Gasteiger partial charge in [0.1, 0.15) is 5.75 Å². The standard InChI is InChI=1S/C11H16N2O2Si/c1-3-15-10-8-6-5-7-9(10)11(14)12-13-16-4-2/h5-8H,3-4,16H2,1-2H3. The van der Waals surface area contributed by atoms with Gasteiger partial charge in [0.25, 0.3) is 5.91 Å². The SMILES string of the molecule is CCOc1ccccc1C(=O)N=N[SiH2]CC. The average Bonchev–Trinajstić information content (AvgIpc) is 2.30. The van der Waals surface area contributed by atoms with Crippen LogP contribution in [0.25, 0.3) is 0 Å². The third-order valence-electron chi connectivity index (χ3n) is 1.90. The van der Waals surface area contributed by atoms with Gasteiger partial charge in [0.2, 0.25) is 0 Å². The van der Waals surface area contributed by atoms with Gasteiger partial charge in [-0.15, -0.1) is 5.11 Å². The molecule has 4 nitrogen and oxygen atoms in total. The topological polar surface area (TPSA) is 51.0 Å². The fraction of sp³-hybridized carbons (Fsp3) is 0.364. The lowest BCUT2D eigenvalue weighted by atomic mass is 10.2. The van der Waals surface area contributed by atoms with Gasteiger partial charge in [-0.2, -0.15) is 0 Å². The molecule has 0 saturated carbocycles. The smallest absolute Gasteiger partial charge is 0.297 e. The zero-order valence-corrected chi connectivity index (χ0v) is 11.1. The minimum atomic E-state index is -0.553. The van der Waals surface area contributed by atoms with E-state index in [9.17, 15) is 4.79 Å². The van der Waals surface area contributed by atoms with Crippen molar-refractivity contribution < 1.29 is 9.53 Å². The number of hydrogen-bond donors (Lipinski definition) is 0. The summed E-state index contributed by atoms with van der Waals surface area (Å²) in [4.78, 5) is 11.7. The van der Waals surface area contributed by atoms with Crippen LogP contribution in [0.1, 0.15) is 24.2 Å². The van der Waals surface area contributed by atoms with E-state index in [1.807, 2.05) is 19.9 Å². The monoisotopic (exact) mass is 236 g/mol. The number of amides is 1. The molecule has 0 aromatic heterocycles. The third kappa shape index (κ3) is 3.58. The molecule has 0 aliphatic carbocycles. The van der Waals surface area contributed by atoms with E-state index < -0.39 is 9.68 Å². The number of para-hydroxylation sites is 1. The molecule has 1 rings (SSSR count). The van der Waals surface area contributed by atoms with Gasteiger partial charge in [-0.25, -0.2) is 4.78 Å². The first-order valence-corrected chi connectivity index (χ1v) is 7.06. The summed E-state index contributed by atoms with van der Waals surface area (Å²) < 4.78 is 9.28. The number of carbonyl (C=O) groups excluding carboxylic acids is 1. The van der Waals surface area contributed by atoms with Crippen LogP contribution in [0.15, 0.2) is 34.2 Å². The Morgan fingerprint density at radius 1 is 1.38 bits per heavy atom. The number of ether oxygens (including phenoxy) is 1. The van der Waals surface area contributed by atoms with Gasteiger partial charge in [-0.1, -0.05) is 19.1 Å². The van der Waals surface area contributed by atoms with E-state index in [1.165, 1.54) is 0 Å². The van der Waals surface area contributed by atoms with Crippen molar-refractivity contribution in [3.05, 3.63) is 29.8 Å². The highest BCUT2D eigenvalue weighted by atomic mass is 28.2. The highest BCUT2D eigenvalue weighted by molar-refractivity contribution is 6.32. The maximum absolute atomic E-state index is 11.7. The first-order valence-electron chi connectivity index (χ1n) is 5.43. The Balaban J connectivity index is 2.81. The molecule has 0 saturated heterocycles. The van der Waals surface area contributed by atoms with Crippen LogP contribution >= 0.6 is 0 Å². The molecular weight excluding hydrogens is 220 g/mol. The highest BCUT2D eigenvalue weighted by Gasteiger charge is 2.10. The normalized spacial score (nSPS) is 11.4. The van der Waals surface area contributed by atoms with E-state index in [4.69, 9.17) is 4.74 Å². The van der Waals surface area contributed by atoms with Crippen LogP contribution in [0.4, 0.5) is 0 Å². The number of carbonyl (C=O) groups is 1. The van der Waals surface area contributed by atoms with Gasteiger partial charge in [0, 0.05) is 0 Å². The van der Waals surface area contributed by atoms with Gasteiger partial charge >= 0.3 is 0 Å². The molecule has 0 atom stereocenters. The summed E-state index contributed by atoms with van der Waals surface area (Å²) in [6.07, 6.45) is 0. The van der Waals surface area contributed by atoms with Crippen LogP contribution in [0.5, 0.6) is 5.75 Å². The quantitative estimate of drug-likeness (QED) is 0.581. The molecule has 5 heteroatoms. The molecule has 0 unspecified atom stereocenters. The number of benzene rings is 1. The highest BCUT2D eigenvalue weighted by Crippen LogP contribution is 2.18. The minimum absolute atomic E-state index is 0.315. The Bertz CT molecular complexity index is 380. The summed E-state index contributed by atoms with van der Waals surface area (Å²) in [5.41, 5.74) is 0.484. The Morgan fingerprint density at radius 2 is 2.12 bits per heavy atom. The molecule has 0 spiro atoms. The zero-order valence-electron chi connectivity index (χ0n) is 9.64. The van der Waals surface area contributed by atoms with Crippen molar-refractivity contribution in [1.82, 2.24) is 0 Å². The van der Waals surface area contributed by atoms with Gasteiger partial charge in [0.15, 0.2) is 9.68 Å². The molecule has 0 N–H and O–H groups in total. The van der Waals surface area contributed by atoms with Crippen molar-refractivity contribution in [3.8, 4) is 5.75 Å². The van der Waals surface area contributed by atoms with Crippen LogP contribution in [0, 0.1) is 0 Å². The van der Waals surface area contributed by atoms with Crippen LogP contribution in [-0.2, 0) is 0 Å². The van der Waals surface area contributed by atoms with Crippen molar-refractivity contribution in [2.75, 3.05) is 6.61 Å². The molecule has 16 heavy (non-hydrogen) atoms. The van der Waals surface area contributed by atoms with E-state index in [0.717, 1.165) is 6.04 Å². The van der Waals surface area contributed by atoms with E-state index in [-0.39, 0.29) is 5.91 Å². The Labute approximate surface area is 97.6 Å². The van der Waals surface area contributed by atoms with Crippen LogP contribution in [0.2, 0.25) is 6.04 Å². The lowest BCUT2D eigenvalue weighted by Crippen LogP contribution is -2.01. The predicted octanol–water partition coefficient (Wildman–Crippen LogP) is 2.20. The van der Waals surface area contributed by atoms with Gasteiger partial charge in [0.05, 0.1) is 12.2 Å². The predicted molar refractivity (Wildman–Crippen MR) is 65.8 cm³/mol. The summed E-state index contributed by atoms with van der Waals surface area (Å²) in [6, 6.07) is 8.12. The summed E-state index contributed by atoms with van der Waals surface area (Å²) in [7, 11) is -0.553. The molecule has 0 aliphatic heterocycles. The maximum Gasteiger partial charge on any atom is 0.297 e. The summed E-state index contributed by atoms with van der Waals surface area (Å²) in [5.74, 6) is 0.261. The fourth-order valence-electron chi connectivity index (χ4n) is 1.19. The van der Waals surface area contributed by atoms with Crippen molar-refractivity contribution in [2.24, 2.45) is 9.89 Å². The number of rotatable bonds is 5. The minimum Gasteiger partial charge on any atom is -0.493 e. The molecule has 1 aromatic carbocycles. The summed E-state index contributed by atoms with van der Waals surface area (Å²) in [6.45, 7) is 4.46. The van der Waals surface area contributed by atoms with Gasteiger partial charge in [-0.3, -0.25) is 4.79 Å². The molecule has 0 heterocycles. The molecule has 1 aromatic rings. The van der Waals surface area contributed by atoms with Crippen molar-refractivity contribution in [1.29, 1.82) is 0 Å². The van der Waals surface area contributed by atoms with E-state index in [0.29, 0.717) is 17.9 Å². The van der Waals surface area contributed by atoms with Crippen molar-refractivity contribution >= 4 is 15.6 Å². The maximum atomic E-state index is 11.7. The largest absolute Gasteiger partial charge is 0.493 e. The average molecular weight is 236 g/mol. The fourth-order valence-corrected chi connectivity index (χ4v) is 1.62. The number of nitrogens with zero attached hydrogens (tertiary/aromatic N) is 2. The Kier molecular flexibility index (Phi) is 5.42. The van der Waals surface area contributed by atoms with E-state index in [1.54, 1.807) is 18.2 Å². The molecule has 0 bridgehead atoms. The molecule has 0 fully saturated rings. The number of hydrogen-bond acceptors (Lipinski definition) is 3. The van der Waals surface area contributed by atoms with Crippen LogP contribution < -0.4 is 4.74 Å². The van der Waals surface area contributed by atoms with E-state index in [2.05, 4.69) is 9.89 Å². The third-order valence-corrected chi connectivity index (χ3v) is 2.69. The Morgan fingerprint density at radius 3 is 2.81 bits per heavy atom. The molecule has 0 radical (unpaired) electrons. The van der Waals surface area contributed by atoms with Crippen molar-refractivity contribution in [2.45, 2.75) is 19.9 Å². The van der Waals surface area contributed by atoms with Crippen LogP contribution in [-0.4, -0.2) is 22.2 Å². The summed E-state index contributed by atoms with van der Waals surface area (Å²) in [5, 5.41) is 3.69. The second-order valence-electron chi connectivity index (χ2n) is 3.20. The van der Waals surface area contributed by atoms with Crippen LogP contribution in [0.3, 0.4) is 0 Å². The first kappa shape index (κ1) is 12.6. The summed E-state index contributed by atoms with van der Waals surface area (Å²) >= 11 is 0. The second kappa shape index (κ2) is 6.89. The Hall–Kier alpha value is -1.49. The van der Waals surface area contributed by atoms with Crippen molar-refractivity contribution in [3.63, 3.8) is 0 Å². The second-order valence-corrected chi connectivity index (χ2v) is 4.93. The molecule has 1 amide bonds. The van der Waals surface area contributed by atoms with Gasteiger partial charge in [-0.05, 0) is 25.1 Å². The molecule has 0 aliphatic rings. The molecule has 86 valence electrons. The first-order chi connectivity index (χ1) is 7.79. The lowest BCUT2D eigenvalue weighted by molar-refractivity contribution is 0.0992. The molecular formula is C11H16N2O2Si. The lowest BCUT2D eigenvalue weighted by Gasteiger charge is -2.05.